The molecule has 0 aliphatic carbocycles. The van der Waals surface area contributed by atoms with Crippen molar-refractivity contribution >= 4 is 18.3 Å². The molecule has 2 aliphatic heterocycles. The largest absolute Gasteiger partial charge is 0.344 e. The molecule has 1 N–H and O–H groups in total. The highest BCUT2D eigenvalue weighted by molar-refractivity contribution is 5.88. The Balaban J connectivity index is 0.00000196. The highest BCUT2D eigenvalue weighted by atomic mass is 35.5. The zero-order chi connectivity index (χ0) is 17.6. The minimum Gasteiger partial charge on any atom is -0.344 e. The maximum atomic E-state index is 13.2. The van der Waals surface area contributed by atoms with Gasteiger partial charge in [0.25, 0.3) is 0 Å². The topological polar surface area (TPSA) is 45.2 Å². The summed E-state index contributed by atoms with van der Waals surface area (Å²) in [5.41, 5.74) is 3.69. The molecule has 2 atom stereocenters. The van der Waals surface area contributed by atoms with E-state index in [1.807, 2.05) is 18.0 Å². The van der Waals surface area contributed by atoms with Crippen molar-refractivity contribution in [2.24, 2.45) is 0 Å². The summed E-state index contributed by atoms with van der Waals surface area (Å²) in [4.78, 5) is 18.9. The molecule has 6 heteroatoms. The number of nitrogens with zero attached hydrogens (tertiary/aromatic N) is 2. The third-order valence-electron chi connectivity index (χ3n) is 5.67. The van der Waals surface area contributed by atoms with Crippen LogP contribution in [0.25, 0.3) is 11.1 Å². The molecule has 2 aliphatic rings. The number of hydrogen-bond donors (Lipinski definition) is 1. The number of likely N-dealkylation sites (tertiary alicyclic amines) is 1. The SMILES string of the molecule is Cc1c(-c2ccc(F)cc2)ccnc1[C@@H]1CC[C@]2(CCN(C)C2=O)N1.Cl. The second-order valence-electron chi connectivity index (χ2n) is 7.17. The van der Waals surface area contributed by atoms with Gasteiger partial charge in [0.15, 0.2) is 0 Å². The molecular formula is C20H23ClFN3O. The molecule has 4 rings (SSSR count). The molecule has 1 aromatic carbocycles. The van der Waals surface area contributed by atoms with Crippen molar-refractivity contribution in [2.45, 2.75) is 37.8 Å². The van der Waals surface area contributed by atoms with Crippen molar-refractivity contribution < 1.29 is 9.18 Å². The van der Waals surface area contributed by atoms with Crippen molar-refractivity contribution in [2.75, 3.05) is 13.6 Å². The normalized spacial score (nSPS) is 25.0. The van der Waals surface area contributed by atoms with Crippen LogP contribution in [0.2, 0.25) is 0 Å². The molecule has 4 nitrogen and oxygen atoms in total. The third kappa shape index (κ3) is 2.99. The molecule has 26 heavy (non-hydrogen) atoms. The van der Waals surface area contributed by atoms with Crippen molar-refractivity contribution in [3.05, 3.63) is 53.6 Å². The number of likely N-dealkylation sites (N-methyl/N-ethyl adjacent to an activating group) is 1. The molecule has 3 heterocycles. The summed E-state index contributed by atoms with van der Waals surface area (Å²) in [7, 11) is 1.87. The lowest BCUT2D eigenvalue weighted by atomic mass is 9.95. The summed E-state index contributed by atoms with van der Waals surface area (Å²) >= 11 is 0. The monoisotopic (exact) mass is 375 g/mol. The van der Waals surface area contributed by atoms with E-state index < -0.39 is 5.54 Å². The number of pyridine rings is 1. The Morgan fingerprint density at radius 3 is 2.62 bits per heavy atom. The summed E-state index contributed by atoms with van der Waals surface area (Å²) in [6, 6.07) is 8.58. The fourth-order valence-corrected chi connectivity index (χ4v) is 4.22. The van der Waals surface area contributed by atoms with E-state index in [-0.39, 0.29) is 30.2 Å². The predicted octanol–water partition coefficient (Wildman–Crippen LogP) is 3.64. The van der Waals surface area contributed by atoms with Crippen molar-refractivity contribution in [3.63, 3.8) is 0 Å². The Morgan fingerprint density at radius 2 is 1.96 bits per heavy atom. The fraction of sp³-hybridized carbons (Fsp3) is 0.400. The van der Waals surface area contributed by atoms with Gasteiger partial charge in [-0.1, -0.05) is 12.1 Å². The molecule has 0 saturated carbocycles. The smallest absolute Gasteiger partial charge is 0.242 e. The summed E-state index contributed by atoms with van der Waals surface area (Å²) in [6.07, 6.45) is 4.41. The van der Waals surface area contributed by atoms with Gasteiger partial charge in [0.2, 0.25) is 5.91 Å². The average molecular weight is 376 g/mol. The first-order valence-electron chi connectivity index (χ1n) is 8.75. The number of carbonyl (C=O) groups is 1. The van der Waals surface area contributed by atoms with Crippen LogP contribution in [0, 0.1) is 12.7 Å². The fourth-order valence-electron chi connectivity index (χ4n) is 4.22. The quantitative estimate of drug-likeness (QED) is 0.871. The Bertz CT molecular complexity index is 826. The Morgan fingerprint density at radius 1 is 1.23 bits per heavy atom. The van der Waals surface area contributed by atoms with E-state index in [9.17, 15) is 9.18 Å². The van der Waals surface area contributed by atoms with Crippen LogP contribution in [0.1, 0.15) is 36.6 Å². The van der Waals surface area contributed by atoms with E-state index in [0.717, 1.165) is 48.2 Å². The molecule has 138 valence electrons. The van der Waals surface area contributed by atoms with E-state index in [0.29, 0.717) is 0 Å². The zero-order valence-electron chi connectivity index (χ0n) is 15.0. The molecule has 2 saturated heterocycles. The number of amides is 1. The van der Waals surface area contributed by atoms with Crippen molar-refractivity contribution in [1.82, 2.24) is 15.2 Å². The van der Waals surface area contributed by atoms with E-state index in [2.05, 4.69) is 17.2 Å². The first kappa shape index (κ1) is 18.8. The minimum absolute atomic E-state index is 0. The van der Waals surface area contributed by atoms with Crippen LogP contribution in [0.15, 0.2) is 36.5 Å². The van der Waals surface area contributed by atoms with E-state index >= 15 is 0 Å². The number of hydrogen-bond acceptors (Lipinski definition) is 3. The lowest BCUT2D eigenvalue weighted by Gasteiger charge is -2.24. The summed E-state index contributed by atoms with van der Waals surface area (Å²) in [5.74, 6) is -0.0405. The Kier molecular flexibility index (Phi) is 5.04. The third-order valence-corrected chi connectivity index (χ3v) is 5.67. The van der Waals surface area contributed by atoms with Gasteiger partial charge in [-0.15, -0.1) is 12.4 Å². The van der Waals surface area contributed by atoms with Crippen LogP contribution >= 0.6 is 12.4 Å². The summed E-state index contributed by atoms with van der Waals surface area (Å²) < 4.78 is 13.2. The maximum absolute atomic E-state index is 13.2. The first-order chi connectivity index (χ1) is 12.0. The molecule has 1 spiro atoms. The van der Waals surface area contributed by atoms with Crippen molar-refractivity contribution in [1.29, 1.82) is 0 Å². The van der Waals surface area contributed by atoms with Gasteiger partial charge >= 0.3 is 0 Å². The lowest BCUT2D eigenvalue weighted by molar-refractivity contribution is -0.131. The van der Waals surface area contributed by atoms with Gasteiger partial charge in [-0.2, -0.15) is 0 Å². The number of rotatable bonds is 2. The van der Waals surface area contributed by atoms with Gasteiger partial charge in [-0.25, -0.2) is 4.39 Å². The van der Waals surface area contributed by atoms with E-state index in [1.54, 1.807) is 18.3 Å². The molecule has 0 unspecified atom stereocenters. The lowest BCUT2D eigenvalue weighted by Crippen LogP contribution is -2.47. The van der Waals surface area contributed by atoms with Crippen LogP contribution in [0.4, 0.5) is 4.39 Å². The maximum Gasteiger partial charge on any atom is 0.242 e. The van der Waals surface area contributed by atoms with Gasteiger partial charge in [-0.3, -0.25) is 15.1 Å². The molecule has 0 bridgehead atoms. The number of benzene rings is 1. The highest BCUT2D eigenvalue weighted by Crippen LogP contribution is 2.40. The standard InChI is InChI=1S/C20H22FN3O.ClH/c1-13-16(14-3-5-15(21)6-4-14)8-11-22-18(13)17-7-9-20(23-17)10-12-24(2)19(20)25;/h3-6,8,11,17,23H,7,9-10,12H2,1-2H3;1H/t17-,20+;/m0./s1. The first-order valence-corrected chi connectivity index (χ1v) is 8.75. The second kappa shape index (κ2) is 6.97. The van der Waals surface area contributed by atoms with Gasteiger partial charge < -0.3 is 4.90 Å². The number of nitrogens with one attached hydrogen (secondary N) is 1. The predicted molar refractivity (Wildman–Crippen MR) is 102 cm³/mol. The molecule has 0 radical (unpaired) electrons. The molecular weight excluding hydrogens is 353 g/mol. The van der Waals surface area contributed by atoms with Gasteiger partial charge in [-0.05, 0) is 61.1 Å². The summed E-state index contributed by atoms with van der Waals surface area (Å²) in [6.45, 7) is 2.86. The number of halogens is 2. The van der Waals surface area contributed by atoms with Gasteiger partial charge in [0.1, 0.15) is 11.4 Å². The van der Waals surface area contributed by atoms with E-state index in [1.165, 1.54) is 12.1 Å². The second-order valence-corrected chi connectivity index (χ2v) is 7.17. The van der Waals surface area contributed by atoms with Gasteiger partial charge in [0, 0.05) is 19.8 Å². The Hall–Kier alpha value is -1.98. The van der Waals surface area contributed by atoms with Crippen LogP contribution in [-0.2, 0) is 4.79 Å². The Labute approximate surface area is 159 Å². The summed E-state index contributed by atoms with van der Waals surface area (Å²) in [5, 5.41) is 3.58. The van der Waals surface area contributed by atoms with Crippen LogP contribution in [0.5, 0.6) is 0 Å². The average Bonchev–Trinajstić information content (AvgIpc) is 3.16. The number of carbonyl (C=O) groups excluding carboxylic acids is 1. The van der Waals surface area contributed by atoms with Crippen LogP contribution < -0.4 is 5.32 Å². The van der Waals surface area contributed by atoms with Crippen molar-refractivity contribution in [3.8, 4) is 11.1 Å². The highest BCUT2D eigenvalue weighted by Gasteiger charge is 2.50. The minimum atomic E-state index is -0.417. The molecule has 1 aromatic heterocycles. The molecule has 1 amide bonds. The zero-order valence-corrected chi connectivity index (χ0v) is 15.8. The number of aromatic nitrogens is 1. The molecule has 2 fully saturated rings. The van der Waals surface area contributed by atoms with Crippen LogP contribution in [0.3, 0.4) is 0 Å². The van der Waals surface area contributed by atoms with Gasteiger partial charge in [0.05, 0.1) is 11.7 Å². The van der Waals surface area contributed by atoms with Crippen LogP contribution in [-0.4, -0.2) is 34.9 Å². The van der Waals surface area contributed by atoms with E-state index in [4.69, 9.17) is 0 Å². The molecule has 2 aromatic rings.